The standard InChI is InChI=1S/C29H24ClN5O6S/c1-41-29(38)20-6-3-2-5-18(20)16-42(39,40)34-28(37)26-25(21-7-4-11-33-27(21)36)22-14-19(30)8-9-23(22)35(26)15-17-10-12-32-24(31)13-17/h2-14H,15-16H2,1H3,(H2,31,32)(H,33,36)(H,34,37). The summed E-state index contributed by atoms with van der Waals surface area (Å²) in [6, 6.07) is 17.4. The summed E-state index contributed by atoms with van der Waals surface area (Å²) in [5.74, 6) is -2.13. The average Bonchev–Trinajstić information content (AvgIpc) is 3.25. The third-order valence-corrected chi connectivity index (χ3v) is 7.95. The Morgan fingerprint density at radius 1 is 1.10 bits per heavy atom. The van der Waals surface area contributed by atoms with E-state index in [-0.39, 0.29) is 40.3 Å². The van der Waals surface area contributed by atoms with Crippen LogP contribution < -0.4 is 16.0 Å². The van der Waals surface area contributed by atoms with Crippen LogP contribution in [0.15, 0.2) is 83.9 Å². The van der Waals surface area contributed by atoms with Crippen molar-refractivity contribution in [1.29, 1.82) is 0 Å². The van der Waals surface area contributed by atoms with Gasteiger partial charge in [-0.25, -0.2) is 22.9 Å². The number of nitrogens with zero attached hydrogens (tertiary/aromatic N) is 2. The molecular formula is C29H24ClN5O6S. The van der Waals surface area contributed by atoms with Crippen LogP contribution in [0.2, 0.25) is 5.02 Å². The molecule has 0 bridgehead atoms. The molecule has 0 aliphatic heterocycles. The van der Waals surface area contributed by atoms with Crippen molar-refractivity contribution >= 4 is 50.2 Å². The number of aromatic nitrogens is 3. The summed E-state index contributed by atoms with van der Waals surface area (Å²) >= 11 is 6.33. The van der Waals surface area contributed by atoms with Crippen molar-refractivity contribution in [2.45, 2.75) is 12.3 Å². The lowest BCUT2D eigenvalue weighted by molar-refractivity contribution is 0.0599. The Kier molecular flexibility index (Phi) is 7.83. The fraction of sp³-hybridized carbons (Fsp3) is 0.103. The predicted octanol–water partition coefficient (Wildman–Crippen LogP) is 3.72. The molecule has 0 atom stereocenters. The summed E-state index contributed by atoms with van der Waals surface area (Å²) in [7, 11) is -3.18. The second kappa shape index (κ2) is 11.5. The van der Waals surface area contributed by atoms with Gasteiger partial charge in [-0.2, -0.15) is 0 Å². The number of hydrogen-bond acceptors (Lipinski definition) is 8. The Hall–Kier alpha value is -4.94. The molecule has 214 valence electrons. The van der Waals surface area contributed by atoms with Crippen LogP contribution in [-0.2, 0) is 27.1 Å². The number of aromatic amines is 1. The van der Waals surface area contributed by atoms with Gasteiger partial charge in [0.1, 0.15) is 11.5 Å². The smallest absolute Gasteiger partial charge is 0.338 e. The van der Waals surface area contributed by atoms with Gasteiger partial charge in [-0.15, -0.1) is 0 Å². The van der Waals surface area contributed by atoms with Crippen molar-refractivity contribution in [3.8, 4) is 11.1 Å². The summed E-state index contributed by atoms with van der Waals surface area (Å²) in [6.07, 6.45) is 2.96. The second-order valence-electron chi connectivity index (χ2n) is 9.31. The molecule has 3 heterocycles. The van der Waals surface area contributed by atoms with Crippen LogP contribution in [0.1, 0.15) is 32.0 Å². The summed E-state index contributed by atoms with van der Waals surface area (Å²) in [6.45, 7) is 0.0869. The third-order valence-electron chi connectivity index (χ3n) is 6.53. The SMILES string of the molecule is COC(=O)c1ccccc1CS(=O)(=O)NC(=O)c1c(-c2ccc[nH]c2=O)c2cc(Cl)ccc2n1Cc1ccnc(N)c1. The van der Waals surface area contributed by atoms with Crippen LogP contribution in [0.25, 0.3) is 22.0 Å². The maximum Gasteiger partial charge on any atom is 0.338 e. The largest absolute Gasteiger partial charge is 0.465 e. The van der Waals surface area contributed by atoms with Crippen molar-refractivity contribution < 1.29 is 22.7 Å². The number of nitrogens with two attached hydrogens (primary N) is 1. The number of sulfonamides is 1. The quantitative estimate of drug-likeness (QED) is 0.225. The number of benzene rings is 2. The summed E-state index contributed by atoms with van der Waals surface area (Å²) < 4.78 is 35.2. The van der Waals surface area contributed by atoms with E-state index in [1.54, 1.807) is 53.1 Å². The highest BCUT2D eigenvalue weighted by atomic mass is 35.5. The fourth-order valence-electron chi connectivity index (χ4n) is 4.78. The lowest BCUT2D eigenvalue weighted by Gasteiger charge is -2.14. The minimum Gasteiger partial charge on any atom is -0.465 e. The number of H-pyrrole nitrogens is 1. The van der Waals surface area contributed by atoms with Gasteiger partial charge in [-0.1, -0.05) is 29.8 Å². The number of nitrogen functional groups attached to an aromatic ring is 1. The van der Waals surface area contributed by atoms with Crippen molar-refractivity contribution in [3.63, 3.8) is 0 Å². The highest BCUT2D eigenvalue weighted by Gasteiger charge is 2.29. The van der Waals surface area contributed by atoms with E-state index in [4.69, 9.17) is 22.1 Å². The van der Waals surface area contributed by atoms with E-state index >= 15 is 0 Å². The molecule has 0 saturated heterocycles. The number of nitrogens with one attached hydrogen (secondary N) is 2. The van der Waals surface area contributed by atoms with Crippen LogP contribution in [0.5, 0.6) is 0 Å². The van der Waals surface area contributed by atoms with Gasteiger partial charge < -0.3 is 20.0 Å². The van der Waals surface area contributed by atoms with Gasteiger partial charge >= 0.3 is 5.97 Å². The minimum absolute atomic E-state index is 0.0494. The number of methoxy groups -OCH3 is 1. The molecule has 2 aromatic carbocycles. The zero-order chi connectivity index (χ0) is 30.0. The van der Waals surface area contributed by atoms with E-state index in [9.17, 15) is 22.8 Å². The van der Waals surface area contributed by atoms with Crippen LogP contribution in [0.4, 0.5) is 5.82 Å². The molecule has 5 rings (SSSR count). The summed E-state index contributed by atoms with van der Waals surface area (Å²) in [4.78, 5) is 45.8. The van der Waals surface area contributed by atoms with Crippen LogP contribution in [-0.4, -0.2) is 41.9 Å². The summed E-state index contributed by atoms with van der Waals surface area (Å²) in [5, 5.41) is 0.806. The minimum atomic E-state index is -4.36. The van der Waals surface area contributed by atoms with Crippen LogP contribution in [0.3, 0.4) is 0 Å². The zero-order valence-corrected chi connectivity index (χ0v) is 23.7. The lowest BCUT2D eigenvalue weighted by atomic mass is 10.0. The average molecular weight is 606 g/mol. The van der Waals surface area contributed by atoms with Gasteiger partial charge in [-0.3, -0.25) is 9.59 Å². The molecule has 42 heavy (non-hydrogen) atoms. The van der Waals surface area contributed by atoms with Crippen molar-refractivity contribution in [1.82, 2.24) is 19.3 Å². The van der Waals surface area contributed by atoms with Gasteiger partial charge in [0, 0.05) is 46.0 Å². The molecule has 4 N–H and O–H groups in total. The van der Waals surface area contributed by atoms with Gasteiger partial charge in [0.25, 0.3) is 11.5 Å². The zero-order valence-electron chi connectivity index (χ0n) is 22.1. The monoisotopic (exact) mass is 605 g/mol. The van der Waals surface area contributed by atoms with Gasteiger partial charge in [0.15, 0.2) is 0 Å². The molecule has 0 aliphatic carbocycles. The number of halogens is 1. The van der Waals surface area contributed by atoms with E-state index < -0.39 is 33.2 Å². The Morgan fingerprint density at radius 2 is 1.88 bits per heavy atom. The maximum atomic E-state index is 14.0. The Morgan fingerprint density at radius 3 is 2.62 bits per heavy atom. The van der Waals surface area contributed by atoms with E-state index in [0.717, 1.165) is 0 Å². The summed E-state index contributed by atoms with van der Waals surface area (Å²) in [5.41, 5.74) is 7.01. The molecule has 0 radical (unpaired) electrons. The number of esters is 1. The van der Waals surface area contributed by atoms with E-state index in [0.29, 0.717) is 21.5 Å². The highest BCUT2D eigenvalue weighted by Crippen LogP contribution is 2.36. The number of ether oxygens (including phenoxy) is 1. The Balaban J connectivity index is 1.68. The van der Waals surface area contributed by atoms with Crippen molar-refractivity contribution in [3.05, 3.63) is 117 Å². The predicted molar refractivity (Wildman–Crippen MR) is 159 cm³/mol. The Bertz CT molecular complexity index is 2020. The molecule has 5 aromatic rings. The highest BCUT2D eigenvalue weighted by molar-refractivity contribution is 7.89. The van der Waals surface area contributed by atoms with Crippen LogP contribution in [0, 0.1) is 0 Å². The molecule has 11 nitrogen and oxygen atoms in total. The van der Waals surface area contributed by atoms with Gasteiger partial charge in [0.05, 0.1) is 18.4 Å². The first kappa shape index (κ1) is 28.6. The maximum absolute atomic E-state index is 14.0. The number of pyridine rings is 2. The molecule has 0 saturated carbocycles. The van der Waals surface area contributed by atoms with Crippen molar-refractivity contribution in [2.24, 2.45) is 0 Å². The van der Waals surface area contributed by atoms with Crippen molar-refractivity contribution in [2.75, 3.05) is 12.8 Å². The number of fused-ring (bicyclic) bond motifs is 1. The van der Waals surface area contributed by atoms with Crippen LogP contribution >= 0.6 is 11.6 Å². The first-order chi connectivity index (χ1) is 20.1. The van der Waals surface area contributed by atoms with Gasteiger partial charge in [-0.05, 0) is 59.7 Å². The number of amides is 1. The number of carbonyl (C=O) groups excluding carboxylic acids is 2. The number of rotatable bonds is 8. The Labute approximate surface area is 245 Å². The number of hydrogen-bond donors (Lipinski definition) is 3. The fourth-order valence-corrected chi connectivity index (χ4v) is 6.06. The lowest BCUT2D eigenvalue weighted by Crippen LogP contribution is -2.34. The second-order valence-corrected chi connectivity index (χ2v) is 11.5. The molecule has 0 unspecified atom stereocenters. The molecule has 1 amide bonds. The third kappa shape index (κ3) is 5.76. The number of anilines is 1. The molecule has 0 aliphatic rings. The van der Waals surface area contributed by atoms with E-state index in [2.05, 4.69) is 14.7 Å². The van der Waals surface area contributed by atoms with E-state index in [1.165, 1.54) is 37.7 Å². The molecule has 0 fully saturated rings. The first-order valence-electron chi connectivity index (χ1n) is 12.5. The molecule has 13 heteroatoms. The normalized spacial score (nSPS) is 11.4. The number of carbonyl (C=O) groups is 2. The molecular weight excluding hydrogens is 582 g/mol. The topological polar surface area (TPSA) is 166 Å². The van der Waals surface area contributed by atoms with E-state index in [1.807, 2.05) is 0 Å². The molecule has 3 aromatic heterocycles. The molecule has 0 spiro atoms. The van der Waals surface area contributed by atoms with Gasteiger partial charge in [0.2, 0.25) is 10.0 Å². The first-order valence-corrected chi connectivity index (χ1v) is 14.5.